The molecule has 0 bridgehead atoms. The second-order valence-corrected chi connectivity index (χ2v) is 8.37. The van der Waals surface area contributed by atoms with E-state index < -0.39 is 12.6 Å². The first-order valence-corrected chi connectivity index (χ1v) is 11.3. The highest BCUT2D eigenvalue weighted by Gasteiger charge is 2.20. The van der Waals surface area contributed by atoms with Crippen molar-refractivity contribution in [2.75, 3.05) is 13.2 Å². The molecule has 35 heavy (non-hydrogen) atoms. The van der Waals surface area contributed by atoms with Crippen molar-refractivity contribution in [1.29, 1.82) is 0 Å². The number of hydrogen-bond donors (Lipinski definition) is 1. The fourth-order valence-corrected chi connectivity index (χ4v) is 3.60. The summed E-state index contributed by atoms with van der Waals surface area (Å²) in [7, 11) is 0. The molecule has 0 aliphatic carbocycles. The van der Waals surface area contributed by atoms with Gasteiger partial charge in [0.25, 0.3) is 11.6 Å². The minimum absolute atomic E-state index is 0.0380. The van der Waals surface area contributed by atoms with Gasteiger partial charge in [0.2, 0.25) is 5.89 Å². The van der Waals surface area contributed by atoms with Gasteiger partial charge in [-0.25, -0.2) is 9.78 Å². The smallest absolute Gasteiger partial charge is 0.341 e. The standard InChI is InChI=1S/C25H24ClN3O6/c1-5-8-32-23-20-24(29-25(28-23)34-17-7-6-13(2)18(26)11-17)35-22(27-20)16-9-14(3)21(15(4)10-16)33-12-19(30)31/h6-7,9-11H,5,8,12H2,1-4H3,(H,30,31). The molecule has 0 atom stereocenters. The third-order valence-electron chi connectivity index (χ3n) is 5.05. The summed E-state index contributed by atoms with van der Waals surface area (Å²) in [4.78, 5) is 24.2. The van der Waals surface area contributed by atoms with E-state index in [9.17, 15) is 4.79 Å². The van der Waals surface area contributed by atoms with Crippen LogP contribution in [0.1, 0.15) is 30.0 Å². The van der Waals surface area contributed by atoms with Gasteiger partial charge < -0.3 is 23.7 Å². The predicted octanol–water partition coefficient (Wildman–Crippen LogP) is 5.91. The number of carbonyl (C=O) groups is 1. The van der Waals surface area contributed by atoms with Crippen molar-refractivity contribution in [2.24, 2.45) is 0 Å². The topological polar surface area (TPSA) is 117 Å². The molecular weight excluding hydrogens is 474 g/mol. The molecule has 4 aromatic rings. The normalized spacial score (nSPS) is 11.0. The van der Waals surface area contributed by atoms with Crippen LogP contribution in [0.2, 0.25) is 5.02 Å². The van der Waals surface area contributed by atoms with Crippen molar-refractivity contribution < 1.29 is 28.5 Å². The highest BCUT2D eigenvalue weighted by molar-refractivity contribution is 6.31. The molecule has 0 saturated carbocycles. The van der Waals surface area contributed by atoms with Crippen LogP contribution in [-0.2, 0) is 4.79 Å². The molecule has 0 aliphatic rings. The number of ether oxygens (including phenoxy) is 3. The molecule has 182 valence electrons. The van der Waals surface area contributed by atoms with Crippen LogP contribution < -0.4 is 14.2 Å². The maximum atomic E-state index is 10.9. The number of aryl methyl sites for hydroxylation is 3. The van der Waals surface area contributed by atoms with E-state index in [4.69, 9.17) is 35.3 Å². The van der Waals surface area contributed by atoms with Crippen molar-refractivity contribution in [3.8, 4) is 34.8 Å². The van der Waals surface area contributed by atoms with E-state index >= 15 is 0 Å². The Bertz CT molecular complexity index is 1380. The Morgan fingerprint density at radius 3 is 2.43 bits per heavy atom. The average Bonchev–Trinajstić information content (AvgIpc) is 3.23. The molecule has 0 fully saturated rings. The first-order chi connectivity index (χ1) is 16.7. The van der Waals surface area contributed by atoms with Crippen LogP contribution in [0.15, 0.2) is 34.7 Å². The summed E-state index contributed by atoms with van der Waals surface area (Å²) < 4.78 is 23.0. The molecule has 0 saturated heterocycles. The van der Waals surface area contributed by atoms with Crippen LogP contribution >= 0.6 is 11.6 Å². The van der Waals surface area contributed by atoms with Gasteiger partial charge in [0, 0.05) is 10.6 Å². The summed E-state index contributed by atoms with van der Waals surface area (Å²) in [6, 6.07) is 8.94. The summed E-state index contributed by atoms with van der Waals surface area (Å²) in [5, 5.41) is 9.47. The lowest BCUT2D eigenvalue weighted by atomic mass is 10.1. The molecule has 9 nitrogen and oxygen atoms in total. The van der Waals surface area contributed by atoms with E-state index in [0.717, 1.165) is 23.1 Å². The Balaban J connectivity index is 1.72. The predicted molar refractivity (Wildman–Crippen MR) is 130 cm³/mol. The van der Waals surface area contributed by atoms with Gasteiger partial charge in [-0.3, -0.25) is 0 Å². The molecule has 2 aromatic carbocycles. The summed E-state index contributed by atoms with van der Waals surface area (Å²) in [6.45, 7) is 7.53. The number of aromatic nitrogens is 3. The lowest BCUT2D eigenvalue weighted by molar-refractivity contribution is -0.139. The maximum Gasteiger partial charge on any atom is 0.341 e. The van der Waals surface area contributed by atoms with Crippen LogP contribution in [0.3, 0.4) is 0 Å². The van der Waals surface area contributed by atoms with Crippen molar-refractivity contribution in [3.05, 3.63) is 52.0 Å². The molecule has 10 heteroatoms. The number of fused-ring (bicyclic) bond motifs is 1. The summed E-state index contributed by atoms with van der Waals surface area (Å²) >= 11 is 6.21. The number of carboxylic acid groups (broad SMARTS) is 1. The van der Waals surface area contributed by atoms with Crippen molar-refractivity contribution in [3.63, 3.8) is 0 Å². The minimum atomic E-state index is -1.05. The molecule has 0 spiro atoms. The van der Waals surface area contributed by atoms with Crippen molar-refractivity contribution in [2.45, 2.75) is 34.1 Å². The molecule has 0 radical (unpaired) electrons. The molecule has 0 aliphatic heterocycles. The van der Waals surface area contributed by atoms with Crippen LogP contribution in [0.5, 0.6) is 23.4 Å². The maximum absolute atomic E-state index is 10.9. The van der Waals surface area contributed by atoms with E-state index in [-0.39, 0.29) is 17.6 Å². The number of rotatable bonds is 9. The molecule has 4 rings (SSSR count). The van der Waals surface area contributed by atoms with Crippen LogP contribution in [-0.4, -0.2) is 39.2 Å². The second kappa shape index (κ2) is 10.2. The van der Waals surface area contributed by atoms with E-state index in [2.05, 4.69) is 15.0 Å². The van der Waals surface area contributed by atoms with Gasteiger partial charge in [-0.1, -0.05) is 24.6 Å². The molecular formula is C25H24ClN3O6. The van der Waals surface area contributed by atoms with E-state index in [0.29, 0.717) is 40.1 Å². The van der Waals surface area contributed by atoms with Gasteiger partial charge in [-0.15, -0.1) is 0 Å². The third kappa shape index (κ3) is 5.46. The molecule has 1 N–H and O–H groups in total. The monoisotopic (exact) mass is 497 g/mol. The van der Waals surface area contributed by atoms with E-state index in [1.165, 1.54) is 0 Å². The largest absolute Gasteiger partial charge is 0.481 e. The summed E-state index contributed by atoms with van der Waals surface area (Å²) in [6.07, 6.45) is 0.774. The summed E-state index contributed by atoms with van der Waals surface area (Å²) in [5.41, 5.74) is 3.66. The number of carboxylic acids is 1. The molecule has 2 aromatic heterocycles. The second-order valence-electron chi connectivity index (χ2n) is 7.97. The molecule has 2 heterocycles. The lowest BCUT2D eigenvalue weighted by Gasteiger charge is -2.11. The lowest BCUT2D eigenvalue weighted by Crippen LogP contribution is -2.10. The van der Waals surface area contributed by atoms with E-state index in [1.807, 2.05) is 33.8 Å². The van der Waals surface area contributed by atoms with Gasteiger partial charge in [0.15, 0.2) is 12.1 Å². The Labute approximate surface area is 206 Å². The number of hydrogen-bond acceptors (Lipinski definition) is 8. The minimum Gasteiger partial charge on any atom is -0.481 e. The van der Waals surface area contributed by atoms with Crippen LogP contribution in [0.4, 0.5) is 0 Å². The van der Waals surface area contributed by atoms with Crippen LogP contribution in [0, 0.1) is 20.8 Å². The number of benzene rings is 2. The van der Waals surface area contributed by atoms with Crippen molar-refractivity contribution in [1.82, 2.24) is 15.0 Å². The van der Waals surface area contributed by atoms with Crippen LogP contribution in [0.25, 0.3) is 22.7 Å². The third-order valence-corrected chi connectivity index (χ3v) is 5.46. The number of nitrogens with zero attached hydrogens (tertiary/aromatic N) is 3. The number of halogens is 1. The quantitative estimate of drug-likeness (QED) is 0.301. The zero-order valence-corrected chi connectivity index (χ0v) is 20.5. The fraction of sp³-hybridized carbons (Fsp3) is 0.280. The first-order valence-electron chi connectivity index (χ1n) is 11.0. The van der Waals surface area contributed by atoms with Gasteiger partial charge in [-0.2, -0.15) is 9.97 Å². The van der Waals surface area contributed by atoms with Gasteiger partial charge in [0.1, 0.15) is 11.5 Å². The fourth-order valence-electron chi connectivity index (χ4n) is 3.43. The first kappa shape index (κ1) is 24.3. The zero-order chi connectivity index (χ0) is 25.1. The average molecular weight is 498 g/mol. The summed E-state index contributed by atoms with van der Waals surface area (Å²) in [5.74, 6) is 0.490. The Morgan fingerprint density at radius 1 is 1.03 bits per heavy atom. The molecule has 0 unspecified atom stereocenters. The highest BCUT2D eigenvalue weighted by Crippen LogP contribution is 2.34. The number of aliphatic carboxylic acids is 1. The van der Waals surface area contributed by atoms with E-state index in [1.54, 1.807) is 24.3 Å². The van der Waals surface area contributed by atoms with Gasteiger partial charge >= 0.3 is 12.0 Å². The van der Waals surface area contributed by atoms with Gasteiger partial charge in [-0.05, 0) is 68.1 Å². The highest BCUT2D eigenvalue weighted by atomic mass is 35.5. The molecule has 0 amide bonds. The Kier molecular flexibility index (Phi) is 7.07. The Morgan fingerprint density at radius 2 is 1.77 bits per heavy atom. The Hall–Kier alpha value is -3.85. The number of oxazole rings is 1. The van der Waals surface area contributed by atoms with Crippen molar-refractivity contribution >= 4 is 28.8 Å². The SMILES string of the molecule is CCCOc1nc(Oc2ccc(C)c(Cl)c2)nc2oc(-c3cc(C)c(OCC(=O)O)c(C)c3)nc12. The van der Waals surface area contributed by atoms with Gasteiger partial charge in [0.05, 0.1) is 6.61 Å². The zero-order valence-electron chi connectivity index (χ0n) is 19.7.